The molecule has 20 heavy (non-hydrogen) atoms. The summed E-state index contributed by atoms with van der Waals surface area (Å²) in [5.41, 5.74) is 2.24. The number of hydrogen-bond donors (Lipinski definition) is 1. The summed E-state index contributed by atoms with van der Waals surface area (Å²) in [5, 5.41) is 7.77. The van der Waals surface area contributed by atoms with Gasteiger partial charge in [0.25, 0.3) is 0 Å². The predicted octanol–water partition coefficient (Wildman–Crippen LogP) is 2.85. The van der Waals surface area contributed by atoms with Gasteiger partial charge in [0.15, 0.2) is 10.8 Å². The van der Waals surface area contributed by atoms with Gasteiger partial charge in [-0.25, -0.2) is 9.78 Å². The normalized spacial score (nSPS) is 10.6. The van der Waals surface area contributed by atoms with E-state index >= 15 is 0 Å². The highest BCUT2D eigenvalue weighted by molar-refractivity contribution is 7.15. The zero-order valence-electron chi connectivity index (χ0n) is 11.9. The Morgan fingerprint density at radius 1 is 1.40 bits per heavy atom. The number of ether oxygens (including phenoxy) is 1. The summed E-state index contributed by atoms with van der Waals surface area (Å²) in [4.78, 5) is 16.8. The van der Waals surface area contributed by atoms with Crippen molar-refractivity contribution in [2.75, 3.05) is 11.9 Å². The SMILES string of the molecule is CCOC(=O)c1nc(NCc2c(C)noc2C)sc1C. The molecule has 0 atom stereocenters. The van der Waals surface area contributed by atoms with Crippen molar-refractivity contribution >= 4 is 22.4 Å². The number of anilines is 1. The van der Waals surface area contributed by atoms with Crippen LogP contribution in [0.4, 0.5) is 5.13 Å². The van der Waals surface area contributed by atoms with Gasteiger partial charge in [-0.2, -0.15) is 0 Å². The molecule has 0 saturated carbocycles. The van der Waals surface area contributed by atoms with Crippen LogP contribution in [0.25, 0.3) is 0 Å². The van der Waals surface area contributed by atoms with Gasteiger partial charge >= 0.3 is 5.97 Å². The fraction of sp³-hybridized carbons (Fsp3) is 0.462. The first kappa shape index (κ1) is 14.5. The van der Waals surface area contributed by atoms with Crippen LogP contribution in [-0.2, 0) is 11.3 Å². The molecule has 0 spiro atoms. The van der Waals surface area contributed by atoms with Gasteiger partial charge in [-0.3, -0.25) is 0 Å². The Kier molecular flexibility index (Phi) is 4.39. The molecule has 0 aliphatic rings. The molecule has 0 saturated heterocycles. The van der Waals surface area contributed by atoms with E-state index in [9.17, 15) is 4.79 Å². The van der Waals surface area contributed by atoms with Gasteiger partial charge in [0.05, 0.1) is 12.3 Å². The Bertz CT molecular complexity index is 599. The number of esters is 1. The van der Waals surface area contributed by atoms with E-state index in [4.69, 9.17) is 9.26 Å². The minimum absolute atomic E-state index is 0.345. The van der Waals surface area contributed by atoms with Crippen LogP contribution in [0, 0.1) is 20.8 Å². The van der Waals surface area contributed by atoms with Crippen LogP contribution in [0.3, 0.4) is 0 Å². The summed E-state index contributed by atoms with van der Waals surface area (Å²) < 4.78 is 10.1. The first-order valence-electron chi connectivity index (χ1n) is 6.33. The Morgan fingerprint density at radius 2 is 2.15 bits per heavy atom. The van der Waals surface area contributed by atoms with Crippen LogP contribution in [0.1, 0.15) is 39.3 Å². The molecule has 0 aliphatic carbocycles. The van der Waals surface area contributed by atoms with Gasteiger partial charge in [0.1, 0.15) is 5.76 Å². The zero-order valence-corrected chi connectivity index (χ0v) is 12.8. The third-order valence-corrected chi connectivity index (χ3v) is 3.79. The van der Waals surface area contributed by atoms with Gasteiger partial charge < -0.3 is 14.6 Å². The van der Waals surface area contributed by atoms with Crippen molar-refractivity contribution in [2.24, 2.45) is 0 Å². The first-order valence-corrected chi connectivity index (χ1v) is 7.14. The van der Waals surface area contributed by atoms with E-state index in [-0.39, 0.29) is 5.97 Å². The van der Waals surface area contributed by atoms with E-state index in [0.717, 1.165) is 21.9 Å². The number of nitrogens with one attached hydrogen (secondary N) is 1. The lowest BCUT2D eigenvalue weighted by Gasteiger charge is -2.01. The van der Waals surface area contributed by atoms with Crippen molar-refractivity contribution in [1.82, 2.24) is 10.1 Å². The standard InChI is InChI=1S/C13H17N3O3S/c1-5-18-12(17)11-9(4)20-13(15-11)14-6-10-7(2)16-19-8(10)3/h5-6H2,1-4H3,(H,14,15). The largest absolute Gasteiger partial charge is 0.461 e. The molecule has 0 aromatic carbocycles. The highest BCUT2D eigenvalue weighted by Crippen LogP contribution is 2.24. The monoisotopic (exact) mass is 295 g/mol. The second-order valence-corrected chi connectivity index (χ2v) is 5.50. The molecule has 2 heterocycles. The molecular formula is C13H17N3O3S. The lowest BCUT2D eigenvalue weighted by atomic mass is 10.2. The summed E-state index contributed by atoms with van der Waals surface area (Å²) in [6, 6.07) is 0. The fourth-order valence-electron chi connectivity index (χ4n) is 1.78. The molecule has 0 amide bonds. The third-order valence-electron chi connectivity index (χ3n) is 2.86. The topological polar surface area (TPSA) is 77.2 Å². The van der Waals surface area contributed by atoms with E-state index in [2.05, 4.69) is 15.5 Å². The van der Waals surface area contributed by atoms with Crippen LogP contribution in [0.2, 0.25) is 0 Å². The summed E-state index contributed by atoms with van der Waals surface area (Å²) in [6.07, 6.45) is 0. The maximum absolute atomic E-state index is 11.7. The van der Waals surface area contributed by atoms with Crippen molar-refractivity contribution in [1.29, 1.82) is 0 Å². The van der Waals surface area contributed by atoms with Gasteiger partial charge in [-0.1, -0.05) is 5.16 Å². The summed E-state index contributed by atoms with van der Waals surface area (Å²) >= 11 is 1.43. The minimum Gasteiger partial charge on any atom is -0.461 e. The highest BCUT2D eigenvalue weighted by atomic mass is 32.1. The van der Waals surface area contributed by atoms with Crippen LogP contribution >= 0.6 is 11.3 Å². The average Bonchev–Trinajstić information content (AvgIpc) is 2.92. The van der Waals surface area contributed by atoms with E-state index in [1.165, 1.54) is 11.3 Å². The molecule has 6 nitrogen and oxygen atoms in total. The molecule has 0 aliphatic heterocycles. The lowest BCUT2D eigenvalue weighted by molar-refractivity contribution is 0.0519. The van der Waals surface area contributed by atoms with E-state index in [1.807, 2.05) is 20.8 Å². The molecule has 108 valence electrons. The van der Waals surface area contributed by atoms with Gasteiger partial charge in [-0.15, -0.1) is 11.3 Å². The number of aryl methyl sites for hydroxylation is 3. The predicted molar refractivity (Wildman–Crippen MR) is 76.1 cm³/mol. The number of nitrogens with zero attached hydrogens (tertiary/aromatic N) is 2. The van der Waals surface area contributed by atoms with Crippen LogP contribution in [0.5, 0.6) is 0 Å². The van der Waals surface area contributed by atoms with Crippen molar-refractivity contribution in [2.45, 2.75) is 34.2 Å². The second-order valence-electron chi connectivity index (χ2n) is 4.30. The van der Waals surface area contributed by atoms with Crippen LogP contribution in [0.15, 0.2) is 4.52 Å². The smallest absolute Gasteiger partial charge is 0.358 e. The number of rotatable bonds is 5. The Balaban J connectivity index is 2.08. The van der Waals surface area contributed by atoms with Gasteiger partial charge in [0.2, 0.25) is 0 Å². The first-order chi connectivity index (χ1) is 9.52. The summed E-state index contributed by atoms with van der Waals surface area (Å²) in [6.45, 7) is 8.30. The molecule has 0 bridgehead atoms. The van der Waals surface area contributed by atoms with Crippen LogP contribution in [-0.4, -0.2) is 22.7 Å². The Morgan fingerprint density at radius 3 is 2.75 bits per heavy atom. The average molecular weight is 295 g/mol. The van der Waals surface area contributed by atoms with E-state index in [1.54, 1.807) is 6.92 Å². The Hall–Kier alpha value is -1.89. The van der Waals surface area contributed by atoms with Crippen molar-refractivity contribution in [3.8, 4) is 0 Å². The van der Waals surface area contributed by atoms with E-state index < -0.39 is 0 Å². The minimum atomic E-state index is -0.383. The lowest BCUT2D eigenvalue weighted by Crippen LogP contribution is -2.07. The van der Waals surface area contributed by atoms with Crippen molar-refractivity contribution in [3.05, 3.63) is 27.6 Å². The van der Waals surface area contributed by atoms with Crippen LogP contribution < -0.4 is 5.32 Å². The molecule has 2 aromatic rings. The molecule has 2 aromatic heterocycles. The molecule has 2 rings (SSSR count). The summed E-state index contributed by atoms with van der Waals surface area (Å²) in [5.74, 6) is 0.403. The number of carbonyl (C=O) groups is 1. The van der Waals surface area contributed by atoms with Gasteiger partial charge in [-0.05, 0) is 27.7 Å². The number of thiazole rings is 1. The van der Waals surface area contributed by atoms with E-state index in [0.29, 0.717) is 24.0 Å². The molecule has 1 N–H and O–H groups in total. The Labute approximate surface area is 121 Å². The second kappa shape index (κ2) is 6.04. The maximum Gasteiger partial charge on any atom is 0.358 e. The zero-order chi connectivity index (χ0) is 14.7. The fourth-order valence-corrected chi connectivity index (χ4v) is 2.58. The molecule has 0 fully saturated rings. The maximum atomic E-state index is 11.7. The highest BCUT2D eigenvalue weighted by Gasteiger charge is 2.17. The quantitative estimate of drug-likeness (QED) is 0.855. The third kappa shape index (κ3) is 2.98. The summed E-state index contributed by atoms with van der Waals surface area (Å²) in [7, 11) is 0. The van der Waals surface area contributed by atoms with Crippen molar-refractivity contribution in [3.63, 3.8) is 0 Å². The molecular weight excluding hydrogens is 278 g/mol. The van der Waals surface area contributed by atoms with Crippen molar-refractivity contribution < 1.29 is 14.1 Å². The number of hydrogen-bond acceptors (Lipinski definition) is 7. The number of carbonyl (C=O) groups excluding carboxylic acids is 1. The molecule has 0 unspecified atom stereocenters. The number of aromatic nitrogens is 2. The van der Waals surface area contributed by atoms with Gasteiger partial charge in [0, 0.05) is 17.0 Å². The molecule has 0 radical (unpaired) electrons. The molecule has 7 heteroatoms.